The second kappa shape index (κ2) is 5.66. The maximum atomic E-state index is 5.66. The van der Waals surface area contributed by atoms with Crippen LogP contribution in [0, 0.1) is 0 Å². The Labute approximate surface area is 87.3 Å². The smallest absolute Gasteiger partial charge is 0.194 e. The van der Waals surface area contributed by atoms with Crippen molar-refractivity contribution in [1.82, 2.24) is 0 Å². The Kier molecular flexibility index (Phi) is 5.59. The van der Waals surface area contributed by atoms with Crippen molar-refractivity contribution in [3.05, 3.63) is 0 Å². The summed E-state index contributed by atoms with van der Waals surface area (Å²) < 4.78 is 16.7. The summed E-state index contributed by atoms with van der Waals surface area (Å²) in [6.45, 7) is 5.93. The molecule has 0 saturated carbocycles. The number of methoxy groups -OCH3 is 2. The van der Waals surface area contributed by atoms with E-state index in [1.807, 2.05) is 20.8 Å². The van der Waals surface area contributed by atoms with E-state index < -0.39 is 0 Å². The van der Waals surface area contributed by atoms with Crippen LogP contribution in [0.1, 0.15) is 20.8 Å². The average Bonchev–Trinajstić information content (AvgIpc) is 2.15. The van der Waals surface area contributed by atoms with Crippen LogP contribution in [0.4, 0.5) is 0 Å². The highest BCUT2D eigenvalue weighted by Crippen LogP contribution is 2.15. The van der Waals surface area contributed by atoms with Crippen molar-refractivity contribution in [2.24, 2.45) is 0 Å². The molecule has 0 aliphatic rings. The minimum absolute atomic E-state index is 0.0277. The van der Waals surface area contributed by atoms with Crippen molar-refractivity contribution >= 4 is 0 Å². The Morgan fingerprint density at radius 2 is 1.36 bits per heavy atom. The van der Waals surface area contributed by atoms with E-state index >= 15 is 0 Å². The van der Waals surface area contributed by atoms with Gasteiger partial charge in [-0.2, -0.15) is 0 Å². The highest BCUT2D eigenvalue weighted by atomic mass is 16.7. The first-order valence-corrected chi connectivity index (χ1v) is 4.90. The van der Waals surface area contributed by atoms with Crippen molar-refractivity contribution in [2.45, 2.75) is 39.5 Å². The quantitative estimate of drug-likeness (QED) is 0.486. The maximum absolute atomic E-state index is 5.66. The molecule has 0 aliphatic carbocycles. The molecule has 86 valence electrons. The molecular weight excluding hydrogens is 182 g/mol. The standard InChI is InChI=1S/C10H24NO3/c1-8(12-6)11(4,5)9(2)14-10(3)13-7/h8-10H,1-7H3/q+1. The summed E-state index contributed by atoms with van der Waals surface area (Å²) in [7, 11) is 7.48. The van der Waals surface area contributed by atoms with E-state index in [-0.39, 0.29) is 18.7 Å². The van der Waals surface area contributed by atoms with Gasteiger partial charge >= 0.3 is 0 Å². The molecule has 0 N–H and O–H groups in total. The molecule has 14 heavy (non-hydrogen) atoms. The van der Waals surface area contributed by atoms with Crippen LogP contribution in [0.25, 0.3) is 0 Å². The van der Waals surface area contributed by atoms with Gasteiger partial charge in [-0.05, 0) is 6.92 Å². The van der Waals surface area contributed by atoms with E-state index in [9.17, 15) is 0 Å². The van der Waals surface area contributed by atoms with E-state index in [1.165, 1.54) is 0 Å². The van der Waals surface area contributed by atoms with Crippen LogP contribution in [-0.2, 0) is 14.2 Å². The molecule has 0 amide bonds. The molecular formula is C10H24NO3+. The molecule has 0 aromatic rings. The third-order valence-electron chi connectivity index (χ3n) is 2.94. The number of ether oxygens (including phenoxy) is 3. The number of rotatable bonds is 6. The highest BCUT2D eigenvalue weighted by molar-refractivity contribution is 4.40. The molecule has 3 unspecified atom stereocenters. The minimum atomic E-state index is -0.188. The first kappa shape index (κ1) is 13.8. The van der Waals surface area contributed by atoms with E-state index in [2.05, 4.69) is 14.1 Å². The summed E-state index contributed by atoms with van der Waals surface area (Å²) in [6.07, 6.45) is -0.0691. The van der Waals surface area contributed by atoms with E-state index in [0.29, 0.717) is 4.48 Å². The molecule has 3 atom stereocenters. The highest BCUT2D eigenvalue weighted by Gasteiger charge is 2.32. The third kappa shape index (κ3) is 3.53. The predicted molar refractivity (Wildman–Crippen MR) is 55.6 cm³/mol. The lowest BCUT2D eigenvalue weighted by Crippen LogP contribution is -2.56. The van der Waals surface area contributed by atoms with Gasteiger partial charge in [-0.1, -0.05) is 0 Å². The van der Waals surface area contributed by atoms with Gasteiger partial charge in [-0.3, -0.25) is 4.48 Å². The summed E-state index contributed by atoms with van der Waals surface area (Å²) in [5, 5.41) is 0. The lowest BCUT2D eigenvalue weighted by atomic mass is 10.4. The van der Waals surface area contributed by atoms with Gasteiger partial charge in [0.05, 0.1) is 14.1 Å². The van der Waals surface area contributed by atoms with Crippen molar-refractivity contribution < 1.29 is 18.7 Å². The number of nitrogens with zero attached hydrogens (tertiary/aromatic N) is 1. The Morgan fingerprint density at radius 1 is 0.857 bits per heavy atom. The second-order valence-corrected chi connectivity index (χ2v) is 4.00. The third-order valence-corrected chi connectivity index (χ3v) is 2.94. The molecule has 0 aromatic heterocycles. The van der Waals surface area contributed by atoms with E-state index in [4.69, 9.17) is 14.2 Å². The van der Waals surface area contributed by atoms with Gasteiger partial charge in [0.25, 0.3) is 0 Å². The Bertz CT molecular complexity index is 161. The lowest BCUT2D eigenvalue weighted by molar-refractivity contribution is -0.976. The molecule has 0 rings (SSSR count). The monoisotopic (exact) mass is 206 g/mol. The zero-order chi connectivity index (χ0) is 11.4. The SMILES string of the molecule is COC(C)OC(C)[N+](C)(C)C(C)OC. The van der Waals surface area contributed by atoms with Gasteiger partial charge in [0.2, 0.25) is 0 Å². The average molecular weight is 206 g/mol. The zero-order valence-corrected chi connectivity index (χ0v) is 10.4. The van der Waals surface area contributed by atoms with Crippen molar-refractivity contribution in [3.8, 4) is 0 Å². The topological polar surface area (TPSA) is 27.7 Å². The molecule has 4 heteroatoms. The molecule has 0 bridgehead atoms. The normalized spacial score (nSPS) is 19.1. The Balaban J connectivity index is 4.27. The summed E-state index contributed by atoms with van der Waals surface area (Å²) in [6, 6.07) is 0. The first-order valence-electron chi connectivity index (χ1n) is 4.90. The molecule has 0 spiro atoms. The molecule has 0 aromatic carbocycles. The van der Waals surface area contributed by atoms with Gasteiger partial charge < -0.3 is 14.2 Å². The minimum Gasteiger partial charge on any atom is -0.356 e. The predicted octanol–water partition coefficient (Wildman–Crippen LogP) is 1.41. The summed E-state index contributed by atoms with van der Waals surface area (Å²) >= 11 is 0. The maximum Gasteiger partial charge on any atom is 0.194 e. The Hall–Kier alpha value is -0.160. The largest absolute Gasteiger partial charge is 0.356 e. The number of quaternary nitrogens is 1. The van der Waals surface area contributed by atoms with Crippen molar-refractivity contribution in [2.75, 3.05) is 28.3 Å². The number of hydrogen-bond donors (Lipinski definition) is 0. The van der Waals surface area contributed by atoms with Gasteiger partial charge in [0, 0.05) is 28.1 Å². The van der Waals surface area contributed by atoms with Crippen LogP contribution in [-0.4, -0.2) is 51.5 Å². The summed E-state index contributed by atoms with van der Waals surface area (Å²) in [4.78, 5) is 0. The van der Waals surface area contributed by atoms with E-state index in [1.54, 1.807) is 14.2 Å². The van der Waals surface area contributed by atoms with E-state index in [0.717, 1.165) is 0 Å². The molecule has 0 aliphatic heterocycles. The van der Waals surface area contributed by atoms with Gasteiger partial charge in [0.1, 0.15) is 0 Å². The van der Waals surface area contributed by atoms with Crippen LogP contribution in [0.3, 0.4) is 0 Å². The summed E-state index contributed by atoms with van der Waals surface area (Å²) in [5.41, 5.74) is 0. The van der Waals surface area contributed by atoms with Gasteiger partial charge in [0.15, 0.2) is 18.7 Å². The second-order valence-electron chi connectivity index (χ2n) is 4.00. The van der Waals surface area contributed by atoms with Crippen LogP contribution < -0.4 is 0 Å². The zero-order valence-electron chi connectivity index (χ0n) is 10.4. The van der Waals surface area contributed by atoms with Gasteiger partial charge in [-0.25, -0.2) is 0 Å². The van der Waals surface area contributed by atoms with Crippen LogP contribution >= 0.6 is 0 Å². The molecule has 4 nitrogen and oxygen atoms in total. The lowest BCUT2D eigenvalue weighted by Gasteiger charge is -2.40. The fourth-order valence-electron chi connectivity index (χ4n) is 1.06. The van der Waals surface area contributed by atoms with Gasteiger partial charge in [-0.15, -0.1) is 0 Å². The number of hydrogen-bond acceptors (Lipinski definition) is 3. The van der Waals surface area contributed by atoms with Crippen molar-refractivity contribution in [3.63, 3.8) is 0 Å². The van der Waals surface area contributed by atoms with Crippen LogP contribution in [0.5, 0.6) is 0 Å². The Morgan fingerprint density at radius 3 is 1.71 bits per heavy atom. The molecule has 0 saturated heterocycles. The first-order chi connectivity index (χ1) is 6.36. The summed E-state index contributed by atoms with van der Waals surface area (Å²) in [5.74, 6) is 0. The molecule has 0 radical (unpaired) electrons. The fourth-order valence-corrected chi connectivity index (χ4v) is 1.06. The van der Waals surface area contributed by atoms with Crippen LogP contribution in [0.2, 0.25) is 0 Å². The molecule has 0 heterocycles. The van der Waals surface area contributed by atoms with Crippen molar-refractivity contribution in [1.29, 1.82) is 0 Å². The van der Waals surface area contributed by atoms with Crippen LogP contribution in [0.15, 0.2) is 0 Å². The molecule has 0 fully saturated rings. The fraction of sp³-hybridized carbons (Fsp3) is 1.00.